The summed E-state index contributed by atoms with van der Waals surface area (Å²) in [5.41, 5.74) is 6.35. The van der Waals surface area contributed by atoms with Crippen LogP contribution in [-0.2, 0) is 9.59 Å². The third-order valence-electron chi connectivity index (χ3n) is 1.12. The van der Waals surface area contributed by atoms with Crippen LogP contribution in [0.15, 0.2) is 4.99 Å². The van der Waals surface area contributed by atoms with Gasteiger partial charge in [-0.05, 0) is 0 Å². The van der Waals surface area contributed by atoms with E-state index in [1.54, 1.807) is 0 Å². The van der Waals surface area contributed by atoms with Gasteiger partial charge in [-0.15, -0.1) is 0 Å². The lowest BCUT2D eigenvalue weighted by atomic mass is 10.3. The second kappa shape index (κ2) is 2.97. The van der Waals surface area contributed by atoms with Crippen molar-refractivity contribution in [3.05, 3.63) is 0 Å². The number of nitrogens with two attached hydrogens (primary N) is 1. The van der Waals surface area contributed by atoms with E-state index in [-0.39, 0.29) is 0 Å². The number of aliphatic imine (C=N–C) groups is 1. The minimum atomic E-state index is -1.08. The Morgan fingerprint density at radius 2 is 2.55 bits per heavy atom. The zero-order chi connectivity index (χ0) is 8.27. The molecule has 1 heterocycles. The molecule has 0 aromatic carbocycles. The van der Waals surface area contributed by atoms with Crippen molar-refractivity contribution >= 4 is 18.2 Å². The summed E-state index contributed by atoms with van der Waals surface area (Å²) in [6.45, 7) is 0. The molecule has 2 amide bonds. The van der Waals surface area contributed by atoms with E-state index in [0.29, 0.717) is 0 Å². The zero-order valence-electron chi connectivity index (χ0n) is 5.50. The summed E-state index contributed by atoms with van der Waals surface area (Å²) in [7, 11) is 0. The molecule has 1 rings (SSSR count). The third kappa shape index (κ3) is 1.44. The Morgan fingerprint density at radius 3 is 3.09 bits per heavy atom. The molecule has 7 heteroatoms. The lowest BCUT2D eigenvalue weighted by molar-refractivity contribution is -0.131. The molecule has 5 N–H and O–H groups in total. The molecule has 0 aromatic heterocycles. The number of carbonyl (C=O) groups excluding carboxylic acids is 2. The number of nitrogens with zero attached hydrogens (tertiary/aromatic N) is 1. The van der Waals surface area contributed by atoms with Gasteiger partial charge in [0, 0.05) is 0 Å². The monoisotopic (exact) mass is 157 g/mol. The van der Waals surface area contributed by atoms with Gasteiger partial charge in [0.1, 0.15) is 6.34 Å². The van der Waals surface area contributed by atoms with E-state index in [9.17, 15) is 9.59 Å². The molecule has 0 aromatic rings. The predicted molar refractivity (Wildman–Crippen MR) is 35.9 cm³/mol. The Hall–Kier alpha value is -1.63. The van der Waals surface area contributed by atoms with Crippen LogP contribution in [0.25, 0.3) is 0 Å². The normalized spacial score (nSPS) is 21.9. The molecule has 0 saturated heterocycles. The first kappa shape index (κ1) is 7.48. The fourth-order valence-corrected chi connectivity index (χ4v) is 0.617. The van der Waals surface area contributed by atoms with Crippen molar-refractivity contribution in [1.82, 2.24) is 16.3 Å². The number of hydrogen-bond acceptors (Lipinski definition) is 5. The Kier molecular flexibility index (Phi) is 2.02. The summed E-state index contributed by atoms with van der Waals surface area (Å²) in [6, 6.07) is -1.08. The van der Waals surface area contributed by atoms with Crippen LogP contribution in [0.1, 0.15) is 0 Å². The van der Waals surface area contributed by atoms with Crippen LogP contribution in [0.2, 0.25) is 0 Å². The molecule has 60 valence electrons. The average molecular weight is 157 g/mol. The van der Waals surface area contributed by atoms with Gasteiger partial charge in [-0.25, -0.2) is 5.84 Å². The molecule has 0 spiro atoms. The Morgan fingerprint density at radius 1 is 1.82 bits per heavy atom. The molecule has 0 aliphatic carbocycles. The van der Waals surface area contributed by atoms with Gasteiger partial charge in [-0.1, -0.05) is 0 Å². The maximum absolute atomic E-state index is 10.8. The van der Waals surface area contributed by atoms with Crippen LogP contribution in [0.4, 0.5) is 0 Å². The van der Waals surface area contributed by atoms with E-state index in [1.807, 2.05) is 5.43 Å². The highest BCUT2D eigenvalue weighted by molar-refractivity contribution is 6.06. The van der Waals surface area contributed by atoms with Gasteiger partial charge in [0.2, 0.25) is 6.04 Å². The summed E-state index contributed by atoms with van der Waals surface area (Å²) < 4.78 is 0. The summed E-state index contributed by atoms with van der Waals surface area (Å²) in [5, 5.41) is 0. The van der Waals surface area contributed by atoms with Crippen molar-refractivity contribution < 1.29 is 9.59 Å². The second-order valence-corrected chi connectivity index (χ2v) is 1.82. The molecule has 1 unspecified atom stereocenters. The molecule has 7 nitrogen and oxygen atoms in total. The van der Waals surface area contributed by atoms with Gasteiger partial charge in [0.15, 0.2) is 0 Å². The number of nitrogens with one attached hydrogen (secondary N) is 3. The molecule has 11 heavy (non-hydrogen) atoms. The SMILES string of the molecule is NNC(=O)C1N=CNNC1=O. The van der Waals surface area contributed by atoms with Crippen molar-refractivity contribution in [2.24, 2.45) is 10.8 Å². The fourth-order valence-electron chi connectivity index (χ4n) is 0.617. The molecular formula is C4H7N5O2. The smallest absolute Gasteiger partial charge is 0.272 e. The zero-order valence-corrected chi connectivity index (χ0v) is 5.50. The van der Waals surface area contributed by atoms with Crippen molar-refractivity contribution in [2.45, 2.75) is 6.04 Å². The fraction of sp³-hybridized carbons (Fsp3) is 0.250. The van der Waals surface area contributed by atoms with Gasteiger partial charge in [-0.3, -0.25) is 30.9 Å². The molecule has 0 saturated carbocycles. The van der Waals surface area contributed by atoms with Crippen LogP contribution in [-0.4, -0.2) is 24.2 Å². The highest BCUT2D eigenvalue weighted by atomic mass is 16.2. The number of hydrazine groups is 2. The third-order valence-corrected chi connectivity index (χ3v) is 1.12. The van der Waals surface area contributed by atoms with Crippen LogP contribution < -0.4 is 22.1 Å². The minimum absolute atomic E-state index is 0.532. The first-order chi connectivity index (χ1) is 5.25. The van der Waals surface area contributed by atoms with E-state index in [4.69, 9.17) is 5.84 Å². The number of rotatable bonds is 1. The second-order valence-electron chi connectivity index (χ2n) is 1.82. The van der Waals surface area contributed by atoms with Gasteiger partial charge >= 0.3 is 0 Å². The summed E-state index contributed by atoms with van der Waals surface area (Å²) in [4.78, 5) is 25.1. The van der Waals surface area contributed by atoms with Crippen molar-refractivity contribution in [2.75, 3.05) is 0 Å². The Bertz CT molecular complexity index is 213. The van der Waals surface area contributed by atoms with Gasteiger partial charge < -0.3 is 0 Å². The van der Waals surface area contributed by atoms with Gasteiger partial charge in [-0.2, -0.15) is 0 Å². The number of carbonyl (C=O) groups is 2. The van der Waals surface area contributed by atoms with Crippen molar-refractivity contribution in [3.63, 3.8) is 0 Å². The van der Waals surface area contributed by atoms with E-state index in [1.165, 1.54) is 6.34 Å². The van der Waals surface area contributed by atoms with Gasteiger partial charge in [0.05, 0.1) is 0 Å². The van der Waals surface area contributed by atoms with E-state index >= 15 is 0 Å². The van der Waals surface area contributed by atoms with Crippen LogP contribution in [0.3, 0.4) is 0 Å². The number of amides is 2. The van der Waals surface area contributed by atoms with E-state index < -0.39 is 17.9 Å². The summed E-state index contributed by atoms with van der Waals surface area (Å²) >= 11 is 0. The van der Waals surface area contributed by atoms with Gasteiger partial charge in [0.25, 0.3) is 11.8 Å². The van der Waals surface area contributed by atoms with Crippen LogP contribution in [0.5, 0.6) is 0 Å². The Balaban J connectivity index is 2.69. The largest absolute Gasteiger partial charge is 0.292 e. The highest BCUT2D eigenvalue weighted by Crippen LogP contribution is 1.91. The lowest BCUT2D eigenvalue weighted by Crippen LogP contribution is -2.53. The van der Waals surface area contributed by atoms with E-state index in [0.717, 1.165) is 0 Å². The summed E-state index contributed by atoms with van der Waals surface area (Å²) in [5.74, 6) is 3.62. The molecular weight excluding hydrogens is 150 g/mol. The predicted octanol–water partition coefficient (Wildman–Crippen LogP) is -2.99. The van der Waals surface area contributed by atoms with Crippen molar-refractivity contribution in [3.8, 4) is 0 Å². The Labute approximate surface area is 62.0 Å². The maximum Gasteiger partial charge on any atom is 0.272 e. The van der Waals surface area contributed by atoms with Crippen LogP contribution in [0, 0.1) is 0 Å². The molecule has 0 radical (unpaired) electrons. The first-order valence-electron chi connectivity index (χ1n) is 2.83. The first-order valence-corrected chi connectivity index (χ1v) is 2.83. The van der Waals surface area contributed by atoms with Crippen molar-refractivity contribution in [1.29, 1.82) is 0 Å². The molecule has 1 aliphatic heterocycles. The highest BCUT2D eigenvalue weighted by Gasteiger charge is 2.26. The topological polar surface area (TPSA) is 109 Å². The maximum atomic E-state index is 10.8. The number of hydrogen-bond donors (Lipinski definition) is 4. The molecule has 0 bridgehead atoms. The standard InChI is InChI=1S/C4H7N5O2/c5-8-3(10)2-4(11)9-7-1-6-2/h1-2H,5H2,(H,6,7)(H,8,10)(H,9,11). The quantitative estimate of drug-likeness (QED) is 0.141. The molecule has 1 aliphatic rings. The van der Waals surface area contributed by atoms with Crippen LogP contribution >= 0.6 is 0 Å². The average Bonchev–Trinajstić information content (AvgIpc) is 2.04. The lowest BCUT2D eigenvalue weighted by Gasteiger charge is -2.14. The summed E-state index contributed by atoms with van der Waals surface area (Å²) in [6.07, 6.45) is 1.21. The minimum Gasteiger partial charge on any atom is -0.292 e. The molecule has 1 atom stereocenters. The van der Waals surface area contributed by atoms with E-state index in [2.05, 4.69) is 15.8 Å². The molecule has 0 fully saturated rings.